The zero-order chi connectivity index (χ0) is 16.8. The van der Waals surface area contributed by atoms with Crippen molar-refractivity contribution in [3.63, 3.8) is 0 Å². The van der Waals surface area contributed by atoms with Gasteiger partial charge >= 0.3 is 12.3 Å². The Morgan fingerprint density at radius 1 is 1.23 bits per heavy atom. The smallest absolute Gasteiger partial charge is 0.422 e. The third-order valence-corrected chi connectivity index (χ3v) is 2.74. The summed E-state index contributed by atoms with van der Waals surface area (Å²) in [6.07, 6.45) is -6.02. The normalized spacial score (nSPS) is 11.0. The molecule has 0 aliphatic carbocycles. The first-order chi connectivity index (χ1) is 10.2. The highest BCUT2D eigenvalue weighted by molar-refractivity contribution is 6.36. The number of rotatable bonds is 5. The fourth-order valence-electron chi connectivity index (χ4n) is 1.28. The van der Waals surface area contributed by atoms with Gasteiger partial charge in [0.15, 0.2) is 6.61 Å². The SMILES string of the molecule is O=C(CCNC(=O)OCC(F)(F)F)Nc1ccc(Cl)cc1Cl. The number of ether oxygens (including phenoxy) is 1. The molecule has 0 aliphatic rings. The molecule has 1 aromatic carbocycles. The van der Waals surface area contributed by atoms with Crippen LogP contribution in [0.2, 0.25) is 10.0 Å². The van der Waals surface area contributed by atoms with Crippen molar-refractivity contribution in [1.29, 1.82) is 0 Å². The molecule has 0 radical (unpaired) electrons. The van der Waals surface area contributed by atoms with Crippen LogP contribution in [0.15, 0.2) is 18.2 Å². The van der Waals surface area contributed by atoms with Crippen LogP contribution >= 0.6 is 23.2 Å². The lowest BCUT2D eigenvalue weighted by atomic mass is 10.3. The summed E-state index contributed by atoms with van der Waals surface area (Å²) in [6.45, 7) is -1.88. The Kier molecular flexibility index (Phi) is 6.76. The monoisotopic (exact) mass is 358 g/mol. The van der Waals surface area contributed by atoms with E-state index in [2.05, 4.69) is 10.1 Å². The van der Waals surface area contributed by atoms with E-state index in [0.717, 1.165) is 0 Å². The highest BCUT2D eigenvalue weighted by atomic mass is 35.5. The molecular weight excluding hydrogens is 348 g/mol. The molecule has 0 unspecified atom stereocenters. The quantitative estimate of drug-likeness (QED) is 0.844. The highest BCUT2D eigenvalue weighted by Crippen LogP contribution is 2.25. The van der Waals surface area contributed by atoms with Crippen molar-refractivity contribution in [2.24, 2.45) is 0 Å². The van der Waals surface area contributed by atoms with Gasteiger partial charge in [-0.3, -0.25) is 4.79 Å². The van der Waals surface area contributed by atoms with Crippen molar-refractivity contribution in [2.75, 3.05) is 18.5 Å². The number of benzene rings is 1. The zero-order valence-electron chi connectivity index (χ0n) is 11.0. The standard InChI is InChI=1S/C12H11Cl2F3N2O3/c13-7-1-2-9(8(14)5-7)19-10(20)3-4-18-11(21)22-6-12(15,16)17/h1-2,5H,3-4,6H2,(H,18,21)(H,19,20). The summed E-state index contributed by atoms with van der Waals surface area (Å²) in [5.41, 5.74) is 0.329. The van der Waals surface area contributed by atoms with Gasteiger partial charge in [-0.2, -0.15) is 13.2 Å². The predicted molar refractivity (Wildman–Crippen MR) is 75.1 cm³/mol. The third kappa shape index (κ3) is 7.37. The molecule has 1 rings (SSSR count). The topological polar surface area (TPSA) is 67.4 Å². The second-order valence-electron chi connectivity index (χ2n) is 4.04. The molecule has 0 fully saturated rings. The molecule has 0 atom stereocenters. The van der Waals surface area contributed by atoms with Crippen LogP contribution in [-0.2, 0) is 9.53 Å². The van der Waals surface area contributed by atoms with Gasteiger partial charge < -0.3 is 15.4 Å². The molecule has 0 aromatic heterocycles. The van der Waals surface area contributed by atoms with E-state index in [-0.39, 0.29) is 18.0 Å². The van der Waals surface area contributed by atoms with Crippen LogP contribution in [0, 0.1) is 0 Å². The summed E-state index contributed by atoms with van der Waals surface area (Å²) in [6, 6.07) is 4.45. The maximum Gasteiger partial charge on any atom is 0.422 e. The molecule has 5 nitrogen and oxygen atoms in total. The van der Waals surface area contributed by atoms with Crippen LogP contribution in [0.3, 0.4) is 0 Å². The van der Waals surface area contributed by atoms with Crippen LogP contribution in [0.4, 0.5) is 23.7 Å². The lowest BCUT2D eigenvalue weighted by Crippen LogP contribution is -2.31. The molecule has 22 heavy (non-hydrogen) atoms. The van der Waals surface area contributed by atoms with E-state index in [1.54, 1.807) is 0 Å². The Morgan fingerprint density at radius 3 is 2.50 bits per heavy atom. The third-order valence-electron chi connectivity index (χ3n) is 2.19. The van der Waals surface area contributed by atoms with Crippen molar-refractivity contribution in [3.05, 3.63) is 28.2 Å². The number of nitrogens with one attached hydrogen (secondary N) is 2. The molecular formula is C12H11Cl2F3N2O3. The lowest BCUT2D eigenvalue weighted by molar-refractivity contribution is -0.160. The number of halogens is 5. The van der Waals surface area contributed by atoms with Gasteiger partial charge in [-0.25, -0.2) is 4.79 Å². The van der Waals surface area contributed by atoms with E-state index in [1.807, 2.05) is 5.32 Å². The van der Waals surface area contributed by atoms with Gasteiger partial charge in [0.25, 0.3) is 0 Å². The molecule has 10 heteroatoms. The fraction of sp³-hybridized carbons (Fsp3) is 0.333. The molecule has 0 aliphatic heterocycles. The van der Waals surface area contributed by atoms with E-state index >= 15 is 0 Å². The summed E-state index contributed by atoms with van der Waals surface area (Å²) in [7, 11) is 0. The maximum absolute atomic E-state index is 11.8. The number of carbonyl (C=O) groups excluding carboxylic acids is 2. The van der Waals surface area contributed by atoms with Gasteiger partial charge in [0.1, 0.15) is 0 Å². The summed E-state index contributed by atoms with van der Waals surface area (Å²) in [4.78, 5) is 22.5. The van der Waals surface area contributed by atoms with Crippen molar-refractivity contribution in [1.82, 2.24) is 5.32 Å². The Bertz CT molecular complexity index is 553. The fourth-order valence-corrected chi connectivity index (χ4v) is 1.74. The van der Waals surface area contributed by atoms with E-state index in [0.29, 0.717) is 10.7 Å². The number of hydrogen-bond acceptors (Lipinski definition) is 3. The van der Waals surface area contributed by atoms with E-state index in [1.165, 1.54) is 18.2 Å². The molecule has 0 saturated carbocycles. The van der Waals surface area contributed by atoms with E-state index in [9.17, 15) is 22.8 Å². The first-order valence-electron chi connectivity index (χ1n) is 5.89. The average molecular weight is 359 g/mol. The van der Waals surface area contributed by atoms with E-state index < -0.39 is 24.8 Å². The second-order valence-corrected chi connectivity index (χ2v) is 4.88. The summed E-state index contributed by atoms with van der Waals surface area (Å²) in [5, 5.41) is 5.12. The number of alkyl halides is 3. The number of alkyl carbamates (subject to hydrolysis) is 1. The van der Waals surface area contributed by atoms with Gasteiger partial charge in [-0.15, -0.1) is 0 Å². The van der Waals surface area contributed by atoms with Crippen LogP contribution < -0.4 is 10.6 Å². The van der Waals surface area contributed by atoms with E-state index in [4.69, 9.17) is 23.2 Å². The van der Waals surface area contributed by atoms with Gasteiger partial charge in [0, 0.05) is 18.0 Å². The van der Waals surface area contributed by atoms with Crippen molar-refractivity contribution < 1.29 is 27.5 Å². The Morgan fingerprint density at radius 2 is 1.91 bits per heavy atom. The number of anilines is 1. The molecule has 0 bridgehead atoms. The Balaban J connectivity index is 2.30. The molecule has 0 heterocycles. The number of hydrogen-bond donors (Lipinski definition) is 2. The Labute approximate surface area is 133 Å². The van der Waals surface area contributed by atoms with Gasteiger partial charge in [0.2, 0.25) is 5.91 Å². The number of carbonyl (C=O) groups is 2. The summed E-state index contributed by atoms with van der Waals surface area (Å²) < 4.78 is 39.2. The maximum atomic E-state index is 11.8. The minimum absolute atomic E-state index is 0.167. The van der Waals surface area contributed by atoms with Gasteiger partial charge in [-0.05, 0) is 18.2 Å². The first kappa shape index (κ1) is 18.4. The predicted octanol–water partition coefficient (Wildman–Crippen LogP) is 3.61. The highest BCUT2D eigenvalue weighted by Gasteiger charge is 2.29. The molecule has 0 saturated heterocycles. The summed E-state index contributed by atoms with van der Waals surface area (Å²) >= 11 is 11.5. The van der Waals surface area contributed by atoms with Crippen molar-refractivity contribution in [2.45, 2.75) is 12.6 Å². The average Bonchev–Trinajstić information content (AvgIpc) is 2.39. The Hall–Kier alpha value is -1.67. The van der Waals surface area contributed by atoms with Gasteiger partial charge in [0.05, 0.1) is 10.7 Å². The second kappa shape index (κ2) is 8.09. The van der Waals surface area contributed by atoms with Crippen LogP contribution in [0.25, 0.3) is 0 Å². The molecule has 122 valence electrons. The largest absolute Gasteiger partial charge is 0.440 e. The van der Waals surface area contributed by atoms with Crippen LogP contribution in [-0.4, -0.2) is 31.3 Å². The van der Waals surface area contributed by atoms with Crippen LogP contribution in [0.5, 0.6) is 0 Å². The molecule has 2 amide bonds. The van der Waals surface area contributed by atoms with Gasteiger partial charge in [-0.1, -0.05) is 23.2 Å². The minimum Gasteiger partial charge on any atom is -0.440 e. The van der Waals surface area contributed by atoms with Crippen molar-refractivity contribution in [3.8, 4) is 0 Å². The van der Waals surface area contributed by atoms with Crippen LogP contribution in [0.1, 0.15) is 6.42 Å². The lowest BCUT2D eigenvalue weighted by Gasteiger charge is -2.10. The molecule has 0 spiro atoms. The van der Waals surface area contributed by atoms with Crippen molar-refractivity contribution >= 4 is 40.9 Å². The number of amides is 2. The molecule has 1 aromatic rings. The first-order valence-corrected chi connectivity index (χ1v) is 6.65. The minimum atomic E-state index is -4.60. The zero-order valence-corrected chi connectivity index (χ0v) is 12.5. The summed E-state index contributed by atoms with van der Waals surface area (Å²) in [5.74, 6) is -0.486. The molecule has 2 N–H and O–H groups in total.